The Morgan fingerprint density at radius 3 is 2.60 bits per heavy atom. The van der Waals surface area contributed by atoms with Gasteiger partial charge < -0.3 is 20.1 Å². The third kappa shape index (κ3) is 4.84. The molecule has 2 aromatic rings. The number of hydrogen-bond donors (Lipinski definition) is 3. The molecule has 0 aromatic heterocycles. The number of nitrogens with zero attached hydrogens (tertiary/aromatic N) is 2. The first-order valence-electron chi connectivity index (χ1n) is 9.30. The van der Waals surface area contributed by atoms with Crippen LogP contribution in [0.2, 0.25) is 0 Å². The number of carbonyl (C=O) groups is 1. The number of carbonyl (C=O) groups excluding carboxylic acids is 1. The molecule has 0 bridgehead atoms. The van der Waals surface area contributed by atoms with E-state index < -0.39 is 10.8 Å². The Balaban J connectivity index is 1.75. The second-order valence-corrected chi connectivity index (χ2v) is 7.35. The molecule has 1 aliphatic rings. The van der Waals surface area contributed by atoms with Gasteiger partial charge in [0.2, 0.25) is 0 Å². The summed E-state index contributed by atoms with van der Waals surface area (Å²) in [6.07, 6.45) is 0. The number of anilines is 2. The Morgan fingerprint density at radius 2 is 1.93 bits per heavy atom. The van der Waals surface area contributed by atoms with Crippen molar-refractivity contribution in [1.82, 2.24) is 5.32 Å². The molecule has 0 unspecified atom stereocenters. The predicted octanol–water partition coefficient (Wildman–Crippen LogP) is 2.88. The highest BCUT2D eigenvalue weighted by Gasteiger charge is 2.23. The molecule has 0 aliphatic carbocycles. The standard InChI is InChI=1S/C20H22N4O5S/c1-12-9-13(2)18(25)15(10-12)21-20(30)22-19(26)14-3-4-16(17(11-14)24(27)28)23-5-7-29-8-6-23/h3-4,9-11,25H,5-8H2,1-2H3,(H2,21,22,26,30). The highest BCUT2D eigenvalue weighted by molar-refractivity contribution is 7.80. The molecule has 1 aliphatic heterocycles. The van der Waals surface area contributed by atoms with E-state index in [0.29, 0.717) is 43.2 Å². The van der Waals surface area contributed by atoms with Crippen LogP contribution in [-0.2, 0) is 4.74 Å². The lowest BCUT2D eigenvalue weighted by atomic mass is 10.1. The van der Waals surface area contributed by atoms with Gasteiger partial charge in [-0.05, 0) is 55.4 Å². The van der Waals surface area contributed by atoms with Crippen LogP contribution >= 0.6 is 12.2 Å². The van der Waals surface area contributed by atoms with E-state index in [4.69, 9.17) is 17.0 Å². The second-order valence-electron chi connectivity index (χ2n) is 6.95. The van der Waals surface area contributed by atoms with Crippen LogP contribution in [0.15, 0.2) is 30.3 Å². The first-order valence-corrected chi connectivity index (χ1v) is 9.71. The second kappa shape index (κ2) is 9.06. The highest BCUT2D eigenvalue weighted by Crippen LogP contribution is 2.30. The minimum atomic E-state index is -0.590. The Hall–Kier alpha value is -3.24. The third-order valence-corrected chi connectivity index (χ3v) is 4.91. The van der Waals surface area contributed by atoms with Gasteiger partial charge in [-0.2, -0.15) is 0 Å². The van der Waals surface area contributed by atoms with Crippen molar-refractivity contribution in [3.63, 3.8) is 0 Å². The fraction of sp³-hybridized carbons (Fsp3) is 0.300. The zero-order valence-electron chi connectivity index (χ0n) is 16.6. The van der Waals surface area contributed by atoms with Crippen LogP contribution in [0.1, 0.15) is 21.5 Å². The Labute approximate surface area is 178 Å². The molecular weight excluding hydrogens is 408 g/mol. The first kappa shape index (κ1) is 21.5. The summed E-state index contributed by atoms with van der Waals surface area (Å²) in [6, 6.07) is 7.83. The van der Waals surface area contributed by atoms with E-state index in [0.717, 1.165) is 5.56 Å². The van der Waals surface area contributed by atoms with Crippen molar-refractivity contribution < 1.29 is 19.6 Å². The quantitative estimate of drug-likeness (QED) is 0.293. The Kier molecular flexibility index (Phi) is 6.48. The molecule has 158 valence electrons. The van der Waals surface area contributed by atoms with Gasteiger partial charge >= 0.3 is 0 Å². The van der Waals surface area contributed by atoms with Crippen LogP contribution < -0.4 is 15.5 Å². The van der Waals surface area contributed by atoms with E-state index >= 15 is 0 Å². The maximum atomic E-state index is 12.6. The van der Waals surface area contributed by atoms with Crippen LogP contribution in [0, 0.1) is 24.0 Å². The Bertz CT molecular complexity index is 1000. The lowest BCUT2D eigenvalue weighted by Gasteiger charge is -2.28. The lowest BCUT2D eigenvalue weighted by Crippen LogP contribution is -2.37. The molecule has 0 atom stereocenters. The average Bonchev–Trinajstić information content (AvgIpc) is 2.71. The van der Waals surface area contributed by atoms with E-state index in [9.17, 15) is 20.0 Å². The van der Waals surface area contributed by atoms with Crippen molar-refractivity contribution in [2.24, 2.45) is 0 Å². The number of aryl methyl sites for hydroxylation is 2. The van der Waals surface area contributed by atoms with Gasteiger partial charge in [0.25, 0.3) is 11.6 Å². The zero-order valence-corrected chi connectivity index (χ0v) is 17.4. The van der Waals surface area contributed by atoms with Crippen LogP contribution in [0.4, 0.5) is 17.1 Å². The summed E-state index contributed by atoms with van der Waals surface area (Å²) in [5.74, 6) is -0.560. The predicted molar refractivity (Wildman–Crippen MR) is 117 cm³/mol. The van der Waals surface area contributed by atoms with E-state index in [1.807, 2.05) is 17.9 Å². The van der Waals surface area contributed by atoms with E-state index in [-0.39, 0.29) is 22.1 Å². The minimum Gasteiger partial charge on any atom is -0.505 e. The van der Waals surface area contributed by atoms with Crippen LogP contribution in [0.25, 0.3) is 0 Å². The number of phenolic OH excluding ortho intramolecular Hbond substituents is 1. The zero-order chi connectivity index (χ0) is 21.8. The van der Waals surface area contributed by atoms with Gasteiger partial charge in [0.15, 0.2) is 5.11 Å². The van der Waals surface area contributed by atoms with Crippen molar-refractivity contribution in [2.45, 2.75) is 13.8 Å². The van der Waals surface area contributed by atoms with Gasteiger partial charge in [-0.25, -0.2) is 0 Å². The fourth-order valence-electron chi connectivity index (χ4n) is 3.27. The number of ether oxygens (including phenoxy) is 1. The topological polar surface area (TPSA) is 117 Å². The molecular formula is C20H22N4O5S. The molecule has 10 heteroatoms. The summed E-state index contributed by atoms with van der Waals surface area (Å²) < 4.78 is 5.28. The van der Waals surface area contributed by atoms with Crippen molar-refractivity contribution in [3.8, 4) is 5.75 Å². The molecule has 0 spiro atoms. The molecule has 2 aromatic carbocycles. The van der Waals surface area contributed by atoms with Crippen molar-refractivity contribution in [2.75, 3.05) is 36.5 Å². The molecule has 30 heavy (non-hydrogen) atoms. The fourth-order valence-corrected chi connectivity index (χ4v) is 3.47. The summed E-state index contributed by atoms with van der Waals surface area (Å²) in [7, 11) is 0. The SMILES string of the molecule is Cc1cc(C)c(O)c(NC(=S)NC(=O)c2ccc(N3CCOCC3)c([N+](=O)[O-])c2)c1. The van der Waals surface area contributed by atoms with Gasteiger partial charge in [0.05, 0.1) is 23.8 Å². The number of nitro groups is 1. The summed E-state index contributed by atoms with van der Waals surface area (Å²) in [4.78, 5) is 25.5. The van der Waals surface area contributed by atoms with Crippen molar-refractivity contribution in [3.05, 3.63) is 57.1 Å². The van der Waals surface area contributed by atoms with Gasteiger partial charge in [-0.15, -0.1) is 0 Å². The number of benzene rings is 2. The van der Waals surface area contributed by atoms with Gasteiger partial charge in [-0.1, -0.05) is 6.07 Å². The minimum absolute atomic E-state index is 0.0276. The van der Waals surface area contributed by atoms with Crippen LogP contribution in [0.5, 0.6) is 5.75 Å². The van der Waals surface area contributed by atoms with Crippen molar-refractivity contribution in [1.29, 1.82) is 0 Å². The molecule has 3 rings (SSSR count). The number of rotatable bonds is 4. The lowest BCUT2D eigenvalue weighted by molar-refractivity contribution is -0.384. The van der Waals surface area contributed by atoms with Gasteiger partial charge in [-0.3, -0.25) is 20.2 Å². The van der Waals surface area contributed by atoms with Crippen molar-refractivity contribution >= 4 is 40.3 Å². The number of phenols is 1. The number of aromatic hydroxyl groups is 1. The smallest absolute Gasteiger partial charge is 0.293 e. The number of hydrogen-bond acceptors (Lipinski definition) is 7. The van der Waals surface area contributed by atoms with Gasteiger partial charge in [0, 0.05) is 24.7 Å². The number of thiocarbonyl (C=S) groups is 1. The van der Waals surface area contributed by atoms with Crippen LogP contribution in [0.3, 0.4) is 0 Å². The molecule has 1 fully saturated rings. The molecule has 3 N–H and O–H groups in total. The summed E-state index contributed by atoms with van der Waals surface area (Å²) in [5.41, 5.74) is 2.34. The monoisotopic (exact) mass is 430 g/mol. The molecule has 9 nitrogen and oxygen atoms in total. The maximum Gasteiger partial charge on any atom is 0.293 e. The summed E-state index contributed by atoms with van der Waals surface area (Å²) >= 11 is 5.16. The van der Waals surface area contributed by atoms with Gasteiger partial charge in [0.1, 0.15) is 11.4 Å². The first-order chi connectivity index (χ1) is 14.3. The molecule has 1 saturated heterocycles. The molecule has 1 amide bonds. The molecule has 0 radical (unpaired) electrons. The summed E-state index contributed by atoms with van der Waals surface area (Å²) in [6.45, 7) is 5.69. The maximum absolute atomic E-state index is 12.6. The number of amides is 1. The Morgan fingerprint density at radius 1 is 1.23 bits per heavy atom. The largest absolute Gasteiger partial charge is 0.505 e. The average molecular weight is 430 g/mol. The highest BCUT2D eigenvalue weighted by atomic mass is 32.1. The summed E-state index contributed by atoms with van der Waals surface area (Å²) in [5, 5.41) is 27.0. The number of nitrogens with one attached hydrogen (secondary N) is 2. The van der Waals surface area contributed by atoms with E-state index in [1.54, 1.807) is 19.1 Å². The number of morpholine rings is 1. The van der Waals surface area contributed by atoms with Crippen LogP contribution in [-0.4, -0.2) is 47.4 Å². The van der Waals surface area contributed by atoms with E-state index in [1.165, 1.54) is 12.1 Å². The molecule has 0 saturated carbocycles. The number of nitro benzene ring substituents is 1. The van der Waals surface area contributed by atoms with E-state index in [2.05, 4.69) is 10.6 Å². The molecule has 1 heterocycles. The normalized spacial score (nSPS) is 13.6. The third-order valence-electron chi connectivity index (χ3n) is 4.71.